The van der Waals surface area contributed by atoms with Gasteiger partial charge < -0.3 is 10.3 Å². The molecule has 0 aliphatic rings. The third-order valence-corrected chi connectivity index (χ3v) is 3.40. The zero-order valence-electron chi connectivity index (χ0n) is 9.88. The Balaban J connectivity index is 2.46. The van der Waals surface area contributed by atoms with Crippen LogP contribution in [-0.2, 0) is 4.79 Å². The summed E-state index contributed by atoms with van der Waals surface area (Å²) in [6, 6.07) is 8.27. The van der Waals surface area contributed by atoms with Crippen molar-refractivity contribution in [3.63, 3.8) is 0 Å². The monoisotopic (exact) mass is 249 g/mol. The van der Waals surface area contributed by atoms with E-state index in [0.29, 0.717) is 6.04 Å². The zero-order chi connectivity index (χ0) is 12.4. The van der Waals surface area contributed by atoms with Crippen LogP contribution in [0.5, 0.6) is 0 Å². The van der Waals surface area contributed by atoms with Gasteiger partial charge in [0.25, 0.3) is 0 Å². The third-order valence-electron chi connectivity index (χ3n) is 2.42. The summed E-state index contributed by atoms with van der Waals surface area (Å²) in [6.07, 6.45) is 0. The van der Waals surface area contributed by atoms with E-state index in [4.69, 9.17) is 5.73 Å². The fourth-order valence-corrected chi connectivity index (χ4v) is 2.64. The van der Waals surface area contributed by atoms with E-state index < -0.39 is 0 Å². The molecular weight excluding hydrogens is 234 g/mol. The molecule has 0 spiro atoms. The predicted octanol–water partition coefficient (Wildman–Crippen LogP) is 2.19. The molecule has 0 atom stereocenters. The van der Waals surface area contributed by atoms with Crippen molar-refractivity contribution in [1.29, 1.82) is 0 Å². The first kappa shape index (κ1) is 12.0. The van der Waals surface area contributed by atoms with Gasteiger partial charge >= 0.3 is 0 Å². The van der Waals surface area contributed by atoms with Gasteiger partial charge in [0.05, 0.1) is 16.8 Å². The van der Waals surface area contributed by atoms with Gasteiger partial charge in [0, 0.05) is 6.04 Å². The van der Waals surface area contributed by atoms with E-state index in [1.165, 1.54) is 11.8 Å². The molecule has 2 rings (SSSR count). The third kappa shape index (κ3) is 2.44. The van der Waals surface area contributed by atoms with E-state index in [0.717, 1.165) is 16.2 Å². The molecule has 1 amide bonds. The smallest absolute Gasteiger partial charge is 0.227 e. The van der Waals surface area contributed by atoms with E-state index in [-0.39, 0.29) is 11.7 Å². The number of benzene rings is 1. The van der Waals surface area contributed by atoms with Crippen molar-refractivity contribution in [2.45, 2.75) is 25.0 Å². The number of imidazole rings is 1. The Morgan fingerprint density at radius 1 is 1.47 bits per heavy atom. The van der Waals surface area contributed by atoms with Crippen molar-refractivity contribution in [2.75, 3.05) is 5.75 Å². The van der Waals surface area contributed by atoms with E-state index in [2.05, 4.69) is 23.4 Å². The normalized spacial score (nSPS) is 11.2. The molecule has 0 unspecified atom stereocenters. The van der Waals surface area contributed by atoms with Crippen molar-refractivity contribution in [3.05, 3.63) is 24.3 Å². The number of aromatic nitrogens is 2. The number of carbonyl (C=O) groups is 1. The maximum Gasteiger partial charge on any atom is 0.227 e. The second-order valence-electron chi connectivity index (χ2n) is 4.10. The Hall–Kier alpha value is -1.49. The van der Waals surface area contributed by atoms with Gasteiger partial charge in [-0.3, -0.25) is 4.79 Å². The van der Waals surface area contributed by atoms with Gasteiger partial charge in [0.1, 0.15) is 0 Å². The standard InChI is InChI=1S/C12H15N3OS/c1-8(2)15-10-6-4-3-5-9(10)14-12(15)17-7-11(13)16/h3-6,8H,7H2,1-2H3,(H2,13,16). The summed E-state index contributed by atoms with van der Waals surface area (Å²) in [6.45, 7) is 4.20. The van der Waals surface area contributed by atoms with Gasteiger partial charge in [-0.15, -0.1) is 0 Å². The molecular formula is C12H15N3OS. The van der Waals surface area contributed by atoms with Crippen molar-refractivity contribution >= 4 is 28.7 Å². The molecule has 0 saturated carbocycles. The first-order valence-corrected chi connectivity index (χ1v) is 6.46. The number of nitrogens with zero attached hydrogens (tertiary/aromatic N) is 2. The lowest BCUT2D eigenvalue weighted by Gasteiger charge is -2.11. The van der Waals surface area contributed by atoms with E-state index in [1.807, 2.05) is 24.3 Å². The summed E-state index contributed by atoms with van der Waals surface area (Å²) in [5.41, 5.74) is 7.21. The van der Waals surface area contributed by atoms with Gasteiger partial charge in [-0.1, -0.05) is 23.9 Å². The summed E-state index contributed by atoms with van der Waals surface area (Å²) in [7, 11) is 0. The molecule has 17 heavy (non-hydrogen) atoms. The molecule has 0 bridgehead atoms. The average Bonchev–Trinajstić information content (AvgIpc) is 2.64. The van der Waals surface area contributed by atoms with Crippen LogP contribution >= 0.6 is 11.8 Å². The lowest BCUT2D eigenvalue weighted by molar-refractivity contribution is -0.115. The molecule has 4 nitrogen and oxygen atoms in total. The number of thioether (sulfide) groups is 1. The van der Waals surface area contributed by atoms with Crippen LogP contribution in [-0.4, -0.2) is 21.2 Å². The van der Waals surface area contributed by atoms with Crippen LogP contribution in [0.4, 0.5) is 0 Å². The fraction of sp³-hybridized carbons (Fsp3) is 0.333. The highest BCUT2D eigenvalue weighted by atomic mass is 32.2. The van der Waals surface area contributed by atoms with Crippen molar-refractivity contribution < 1.29 is 4.79 Å². The van der Waals surface area contributed by atoms with E-state index in [1.54, 1.807) is 0 Å². The topological polar surface area (TPSA) is 60.9 Å². The van der Waals surface area contributed by atoms with Crippen LogP contribution in [0.2, 0.25) is 0 Å². The summed E-state index contributed by atoms with van der Waals surface area (Å²) < 4.78 is 2.13. The van der Waals surface area contributed by atoms with Crippen LogP contribution in [0.25, 0.3) is 11.0 Å². The summed E-state index contributed by atoms with van der Waals surface area (Å²) in [5, 5.41) is 0.847. The number of rotatable bonds is 4. The minimum Gasteiger partial charge on any atom is -0.369 e. The molecule has 2 aromatic rings. The number of fused-ring (bicyclic) bond motifs is 1. The molecule has 5 heteroatoms. The van der Waals surface area contributed by atoms with Gasteiger partial charge in [0.15, 0.2) is 5.16 Å². The first-order valence-electron chi connectivity index (χ1n) is 5.47. The van der Waals surface area contributed by atoms with Crippen LogP contribution in [0.1, 0.15) is 19.9 Å². The predicted molar refractivity (Wildman–Crippen MR) is 70.0 cm³/mol. The first-order chi connectivity index (χ1) is 8.09. The molecule has 0 radical (unpaired) electrons. The van der Waals surface area contributed by atoms with Gasteiger partial charge in [-0.05, 0) is 26.0 Å². The Labute approximate surface area is 104 Å². The van der Waals surface area contributed by atoms with Crippen LogP contribution in [0.3, 0.4) is 0 Å². The Kier molecular flexibility index (Phi) is 3.38. The van der Waals surface area contributed by atoms with Crippen molar-refractivity contribution in [1.82, 2.24) is 9.55 Å². The average molecular weight is 249 g/mol. The summed E-state index contributed by atoms with van der Waals surface area (Å²) in [5.74, 6) is -0.0619. The number of nitrogens with two attached hydrogens (primary N) is 1. The lowest BCUT2D eigenvalue weighted by Crippen LogP contribution is -2.14. The Morgan fingerprint density at radius 3 is 2.82 bits per heavy atom. The largest absolute Gasteiger partial charge is 0.369 e. The van der Waals surface area contributed by atoms with E-state index >= 15 is 0 Å². The molecule has 1 aromatic heterocycles. The number of hydrogen-bond donors (Lipinski definition) is 1. The quantitative estimate of drug-likeness (QED) is 0.845. The maximum absolute atomic E-state index is 10.8. The molecule has 2 N–H and O–H groups in total. The highest BCUT2D eigenvalue weighted by Crippen LogP contribution is 2.27. The Morgan fingerprint density at radius 2 is 2.18 bits per heavy atom. The molecule has 0 aliphatic carbocycles. The maximum atomic E-state index is 10.8. The highest BCUT2D eigenvalue weighted by molar-refractivity contribution is 7.99. The minimum absolute atomic E-state index is 0.260. The van der Waals surface area contributed by atoms with Crippen molar-refractivity contribution in [2.24, 2.45) is 5.73 Å². The minimum atomic E-state index is -0.322. The molecule has 0 fully saturated rings. The zero-order valence-corrected chi connectivity index (χ0v) is 10.7. The number of carbonyl (C=O) groups excluding carboxylic acids is 1. The summed E-state index contributed by atoms with van der Waals surface area (Å²) in [4.78, 5) is 15.4. The van der Waals surface area contributed by atoms with Crippen LogP contribution in [0.15, 0.2) is 29.4 Å². The number of para-hydroxylation sites is 2. The number of hydrogen-bond acceptors (Lipinski definition) is 3. The SMILES string of the molecule is CC(C)n1c(SCC(N)=O)nc2ccccc21. The number of amides is 1. The molecule has 1 aromatic carbocycles. The molecule has 0 saturated heterocycles. The molecule has 90 valence electrons. The second-order valence-corrected chi connectivity index (χ2v) is 5.04. The van der Waals surface area contributed by atoms with Gasteiger partial charge in [-0.2, -0.15) is 0 Å². The van der Waals surface area contributed by atoms with E-state index in [9.17, 15) is 4.79 Å². The summed E-state index contributed by atoms with van der Waals surface area (Å²) >= 11 is 1.39. The lowest BCUT2D eigenvalue weighted by atomic mass is 10.3. The fourth-order valence-electron chi connectivity index (χ4n) is 1.76. The van der Waals surface area contributed by atoms with Crippen LogP contribution in [0, 0.1) is 0 Å². The molecule has 0 aliphatic heterocycles. The second kappa shape index (κ2) is 4.79. The van der Waals surface area contributed by atoms with Gasteiger partial charge in [-0.25, -0.2) is 4.98 Å². The van der Waals surface area contributed by atoms with Gasteiger partial charge in [0.2, 0.25) is 5.91 Å². The number of primary amides is 1. The van der Waals surface area contributed by atoms with Crippen molar-refractivity contribution in [3.8, 4) is 0 Å². The molecule has 1 heterocycles. The van der Waals surface area contributed by atoms with Crippen LogP contribution < -0.4 is 5.73 Å². The Bertz CT molecular complexity index is 548. The highest BCUT2D eigenvalue weighted by Gasteiger charge is 2.13.